The molecule has 0 atom stereocenters. The second-order valence-corrected chi connectivity index (χ2v) is 7.59. The number of benzene rings is 1. The number of hydrogen-bond acceptors (Lipinski definition) is 8. The first-order chi connectivity index (χ1) is 15.7. The van der Waals surface area contributed by atoms with Crippen LogP contribution in [0, 0.1) is 6.92 Å². The minimum Gasteiger partial charge on any atom is -0.497 e. The van der Waals surface area contributed by atoms with Crippen LogP contribution in [-0.2, 0) is 0 Å². The lowest BCUT2D eigenvalue weighted by Crippen LogP contribution is -2.47. The van der Waals surface area contributed by atoms with E-state index in [-0.39, 0.29) is 0 Å². The quantitative estimate of drug-likeness (QED) is 0.474. The summed E-state index contributed by atoms with van der Waals surface area (Å²) in [7, 11) is 1.69. The van der Waals surface area contributed by atoms with Gasteiger partial charge in [0, 0.05) is 67.7 Å². The predicted octanol–water partition coefficient (Wildman–Crippen LogP) is 3.84. The number of anilines is 2. The van der Waals surface area contributed by atoms with E-state index in [4.69, 9.17) is 14.1 Å². The lowest BCUT2D eigenvalue weighted by Gasteiger charge is -2.36. The first-order valence-electron chi connectivity index (χ1n) is 10.5. The zero-order chi connectivity index (χ0) is 21.9. The zero-order valence-corrected chi connectivity index (χ0v) is 18.1. The Morgan fingerprint density at radius 2 is 1.78 bits per heavy atom. The molecule has 0 radical (unpaired) electrons. The number of aromatic nitrogens is 4. The van der Waals surface area contributed by atoms with Gasteiger partial charge in [-0.3, -0.25) is 9.97 Å². The molecule has 1 saturated heterocycles. The average Bonchev–Trinajstić information content (AvgIpc) is 3.30. The standard InChI is InChI=1S/C24H24N6O2/c1-17-20(6-13-32-17)23-21(22-16-25-7-8-26-22)15-27-24(28-23)30-11-9-29(10-12-30)18-4-3-5-19(14-18)31-2/h3-8,13-16H,9-12H2,1-2H3. The second-order valence-electron chi connectivity index (χ2n) is 7.59. The largest absolute Gasteiger partial charge is 0.497 e. The van der Waals surface area contributed by atoms with E-state index in [1.807, 2.05) is 31.3 Å². The molecule has 0 N–H and O–H groups in total. The van der Waals surface area contributed by atoms with Crippen LogP contribution in [0.3, 0.4) is 0 Å². The van der Waals surface area contributed by atoms with Crippen LogP contribution in [0.25, 0.3) is 22.5 Å². The predicted molar refractivity (Wildman–Crippen MR) is 123 cm³/mol. The van der Waals surface area contributed by atoms with Gasteiger partial charge in [0.15, 0.2) is 0 Å². The highest BCUT2D eigenvalue weighted by Gasteiger charge is 2.22. The lowest BCUT2D eigenvalue weighted by molar-refractivity contribution is 0.414. The highest BCUT2D eigenvalue weighted by Crippen LogP contribution is 2.33. The first-order valence-corrected chi connectivity index (χ1v) is 10.5. The number of nitrogens with zero attached hydrogens (tertiary/aromatic N) is 6. The van der Waals surface area contributed by atoms with Crippen molar-refractivity contribution in [2.24, 2.45) is 0 Å². The molecule has 162 valence electrons. The van der Waals surface area contributed by atoms with Crippen LogP contribution in [0.5, 0.6) is 5.75 Å². The van der Waals surface area contributed by atoms with E-state index in [0.717, 1.165) is 65.9 Å². The summed E-state index contributed by atoms with van der Waals surface area (Å²) in [6, 6.07) is 10.1. The average molecular weight is 428 g/mol. The minimum absolute atomic E-state index is 0.707. The molecule has 1 aromatic carbocycles. The highest BCUT2D eigenvalue weighted by atomic mass is 16.5. The summed E-state index contributed by atoms with van der Waals surface area (Å²) in [5, 5.41) is 0. The van der Waals surface area contributed by atoms with E-state index in [1.54, 1.807) is 32.0 Å². The van der Waals surface area contributed by atoms with Gasteiger partial charge in [0.1, 0.15) is 11.5 Å². The van der Waals surface area contributed by atoms with Crippen LogP contribution >= 0.6 is 0 Å². The van der Waals surface area contributed by atoms with Gasteiger partial charge >= 0.3 is 0 Å². The van der Waals surface area contributed by atoms with Crippen LogP contribution in [0.1, 0.15) is 5.76 Å². The van der Waals surface area contributed by atoms with Crippen molar-refractivity contribution in [2.75, 3.05) is 43.1 Å². The summed E-state index contributed by atoms with van der Waals surface area (Å²) in [5.41, 5.74) is 4.47. The Bertz CT molecular complexity index is 1200. The SMILES string of the molecule is COc1cccc(N2CCN(c3ncc(-c4cnccn4)c(-c4ccoc4C)n3)CC2)c1. The molecule has 1 fully saturated rings. The van der Waals surface area contributed by atoms with Crippen molar-refractivity contribution < 1.29 is 9.15 Å². The Morgan fingerprint density at radius 1 is 0.938 bits per heavy atom. The molecule has 0 amide bonds. The van der Waals surface area contributed by atoms with E-state index in [1.165, 1.54) is 0 Å². The molecule has 0 bridgehead atoms. The Balaban J connectivity index is 1.42. The smallest absolute Gasteiger partial charge is 0.226 e. The molecule has 1 aliphatic heterocycles. The third-order valence-corrected chi connectivity index (χ3v) is 5.71. The number of aryl methyl sites for hydroxylation is 1. The van der Waals surface area contributed by atoms with Crippen molar-refractivity contribution in [1.29, 1.82) is 0 Å². The van der Waals surface area contributed by atoms with Crippen molar-refractivity contribution in [1.82, 2.24) is 19.9 Å². The van der Waals surface area contributed by atoms with E-state index in [2.05, 4.69) is 36.9 Å². The molecule has 0 unspecified atom stereocenters. The van der Waals surface area contributed by atoms with Crippen LogP contribution < -0.4 is 14.5 Å². The van der Waals surface area contributed by atoms with Gasteiger partial charge in [0.2, 0.25) is 5.95 Å². The van der Waals surface area contributed by atoms with Gasteiger partial charge in [-0.15, -0.1) is 0 Å². The van der Waals surface area contributed by atoms with Gasteiger partial charge in [0.25, 0.3) is 0 Å². The highest BCUT2D eigenvalue weighted by molar-refractivity contribution is 5.79. The van der Waals surface area contributed by atoms with Crippen molar-refractivity contribution >= 4 is 11.6 Å². The van der Waals surface area contributed by atoms with Crippen molar-refractivity contribution in [3.63, 3.8) is 0 Å². The third kappa shape index (κ3) is 3.87. The van der Waals surface area contributed by atoms with Gasteiger partial charge in [-0.1, -0.05) is 6.07 Å². The number of ether oxygens (including phenoxy) is 1. The summed E-state index contributed by atoms with van der Waals surface area (Å²) in [4.78, 5) is 22.9. The summed E-state index contributed by atoms with van der Waals surface area (Å²) in [6.45, 7) is 5.34. The van der Waals surface area contributed by atoms with E-state index >= 15 is 0 Å². The normalized spacial score (nSPS) is 13.9. The molecule has 5 rings (SSSR count). The Labute approximate surface area is 186 Å². The topological polar surface area (TPSA) is 80.4 Å². The number of rotatable bonds is 5. The summed E-state index contributed by atoms with van der Waals surface area (Å²) in [6.07, 6.45) is 8.57. The fourth-order valence-corrected chi connectivity index (χ4v) is 3.96. The molecule has 0 saturated carbocycles. The zero-order valence-electron chi connectivity index (χ0n) is 18.1. The Hall–Kier alpha value is -3.94. The van der Waals surface area contributed by atoms with Gasteiger partial charge in [-0.25, -0.2) is 9.97 Å². The van der Waals surface area contributed by atoms with Crippen molar-refractivity contribution in [2.45, 2.75) is 6.92 Å². The number of hydrogen-bond donors (Lipinski definition) is 0. The van der Waals surface area contributed by atoms with Crippen LogP contribution in [-0.4, -0.2) is 53.2 Å². The third-order valence-electron chi connectivity index (χ3n) is 5.71. The summed E-state index contributed by atoms with van der Waals surface area (Å²) >= 11 is 0. The molecule has 32 heavy (non-hydrogen) atoms. The van der Waals surface area contributed by atoms with Crippen LogP contribution in [0.4, 0.5) is 11.6 Å². The van der Waals surface area contributed by atoms with E-state index in [9.17, 15) is 0 Å². The van der Waals surface area contributed by atoms with E-state index in [0.29, 0.717) is 5.95 Å². The molecule has 4 aromatic rings. The van der Waals surface area contributed by atoms with E-state index < -0.39 is 0 Å². The number of piperazine rings is 1. The second kappa shape index (κ2) is 8.66. The van der Waals surface area contributed by atoms with Gasteiger partial charge in [0.05, 0.1) is 31.0 Å². The summed E-state index contributed by atoms with van der Waals surface area (Å²) < 4.78 is 10.9. The molecule has 8 nitrogen and oxygen atoms in total. The summed E-state index contributed by atoms with van der Waals surface area (Å²) in [5.74, 6) is 2.38. The minimum atomic E-state index is 0.707. The van der Waals surface area contributed by atoms with Gasteiger partial charge < -0.3 is 19.0 Å². The van der Waals surface area contributed by atoms with Crippen molar-refractivity contribution in [3.8, 4) is 28.3 Å². The molecule has 4 heterocycles. The lowest BCUT2D eigenvalue weighted by atomic mass is 10.1. The van der Waals surface area contributed by atoms with Crippen LogP contribution in [0.15, 0.2) is 65.8 Å². The molecular formula is C24H24N6O2. The Morgan fingerprint density at radius 3 is 2.50 bits per heavy atom. The fourth-order valence-electron chi connectivity index (χ4n) is 3.96. The monoisotopic (exact) mass is 428 g/mol. The maximum Gasteiger partial charge on any atom is 0.226 e. The molecular weight excluding hydrogens is 404 g/mol. The van der Waals surface area contributed by atoms with Gasteiger partial charge in [-0.2, -0.15) is 0 Å². The Kier molecular flexibility index (Phi) is 5.41. The number of methoxy groups -OCH3 is 1. The molecule has 3 aromatic heterocycles. The molecule has 1 aliphatic rings. The maximum atomic E-state index is 5.55. The van der Waals surface area contributed by atoms with Gasteiger partial charge in [-0.05, 0) is 25.1 Å². The molecule has 0 aliphatic carbocycles. The number of furan rings is 1. The van der Waals surface area contributed by atoms with Crippen molar-refractivity contribution in [3.05, 3.63) is 67.1 Å². The van der Waals surface area contributed by atoms with Crippen LogP contribution in [0.2, 0.25) is 0 Å². The fraction of sp³-hybridized carbons (Fsp3) is 0.250. The molecule has 0 spiro atoms. The maximum absolute atomic E-state index is 5.55. The molecule has 8 heteroatoms. The first kappa shape index (κ1) is 20.0.